The first-order valence-electron chi connectivity index (χ1n) is 6.46. The largest absolute Gasteiger partial charge is 0.348 e. The second-order valence-corrected chi connectivity index (χ2v) is 6.23. The van der Waals surface area contributed by atoms with E-state index in [1.54, 1.807) is 0 Å². The number of carbonyl (C=O) groups is 1. The Hall–Kier alpha value is -0.410. The first-order chi connectivity index (χ1) is 7.65. The quantitative estimate of drug-likeness (QED) is 0.626. The summed E-state index contributed by atoms with van der Waals surface area (Å²) in [4.78, 5) is 12.1. The van der Waals surface area contributed by atoms with Gasteiger partial charge < -0.3 is 9.47 Å². The molecule has 0 radical (unpaired) electrons. The zero-order chi connectivity index (χ0) is 11.0. The van der Waals surface area contributed by atoms with Crippen molar-refractivity contribution in [3.8, 4) is 0 Å². The average molecular weight is 222 g/mol. The topological polar surface area (TPSA) is 35.5 Å². The lowest BCUT2D eigenvalue weighted by molar-refractivity contribution is -0.210. The Balaban J connectivity index is 1.68. The Morgan fingerprint density at radius 3 is 2.81 bits per heavy atom. The SMILES string of the molecule is C[C@@]12CC3(CC[C@@H]1C(=O)[C@H]1C[C@H]12)OCCO3. The van der Waals surface area contributed by atoms with E-state index in [-0.39, 0.29) is 11.2 Å². The van der Waals surface area contributed by atoms with E-state index in [4.69, 9.17) is 9.47 Å². The molecule has 0 N–H and O–H groups in total. The highest BCUT2D eigenvalue weighted by molar-refractivity contribution is 5.90. The third kappa shape index (κ3) is 0.992. The summed E-state index contributed by atoms with van der Waals surface area (Å²) in [5.41, 5.74) is 0.171. The standard InChI is InChI=1S/C13H18O3/c1-12-7-13(15-4-5-16-13)3-2-9(12)11(14)8-6-10(8)12/h8-10H,2-7H2,1H3/t8-,9+,10+,12+/m0/s1. The third-order valence-corrected chi connectivity index (χ3v) is 5.42. The highest BCUT2D eigenvalue weighted by Gasteiger charge is 2.69. The minimum absolute atomic E-state index is 0.171. The van der Waals surface area contributed by atoms with E-state index in [0.717, 1.165) is 38.9 Å². The summed E-state index contributed by atoms with van der Waals surface area (Å²) in [6, 6.07) is 0. The number of carbonyl (C=O) groups excluding carboxylic acids is 1. The molecule has 3 aliphatic carbocycles. The van der Waals surface area contributed by atoms with Crippen molar-refractivity contribution in [2.24, 2.45) is 23.2 Å². The molecule has 3 nitrogen and oxygen atoms in total. The molecule has 0 aromatic carbocycles. The van der Waals surface area contributed by atoms with E-state index in [2.05, 4.69) is 6.92 Å². The Bertz CT molecular complexity index is 358. The fraction of sp³-hybridized carbons (Fsp3) is 0.923. The van der Waals surface area contributed by atoms with Crippen LogP contribution in [0.4, 0.5) is 0 Å². The molecule has 1 spiro atoms. The summed E-state index contributed by atoms with van der Waals surface area (Å²) in [5.74, 6) is 1.54. The number of hydrogen-bond acceptors (Lipinski definition) is 3. The predicted octanol–water partition coefficient (Wildman–Crippen LogP) is 1.75. The number of hydrogen-bond donors (Lipinski definition) is 0. The van der Waals surface area contributed by atoms with Crippen LogP contribution < -0.4 is 0 Å². The third-order valence-electron chi connectivity index (χ3n) is 5.42. The van der Waals surface area contributed by atoms with E-state index >= 15 is 0 Å². The van der Waals surface area contributed by atoms with Gasteiger partial charge in [0.15, 0.2) is 5.79 Å². The van der Waals surface area contributed by atoms with Gasteiger partial charge in [0.05, 0.1) is 13.2 Å². The molecule has 16 heavy (non-hydrogen) atoms. The van der Waals surface area contributed by atoms with Crippen molar-refractivity contribution in [1.82, 2.24) is 0 Å². The number of ketones is 1. The second-order valence-electron chi connectivity index (χ2n) is 6.23. The summed E-state index contributed by atoms with van der Waals surface area (Å²) in [6.07, 6.45) is 3.96. The Labute approximate surface area is 95.5 Å². The van der Waals surface area contributed by atoms with Crippen molar-refractivity contribution >= 4 is 5.78 Å². The van der Waals surface area contributed by atoms with Gasteiger partial charge >= 0.3 is 0 Å². The molecule has 4 atom stereocenters. The summed E-state index contributed by atoms with van der Waals surface area (Å²) >= 11 is 0. The molecule has 0 unspecified atom stereocenters. The molecule has 4 rings (SSSR count). The Kier molecular flexibility index (Phi) is 1.62. The van der Waals surface area contributed by atoms with Gasteiger partial charge in [-0.05, 0) is 24.2 Å². The first-order valence-corrected chi connectivity index (χ1v) is 6.46. The molecule has 4 fully saturated rings. The van der Waals surface area contributed by atoms with Gasteiger partial charge in [-0.2, -0.15) is 0 Å². The summed E-state index contributed by atoms with van der Waals surface area (Å²) in [5, 5.41) is 0. The molecule has 0 bridgehead atoms. The van der Waals surface area contributed by atoms with Gasteiger partial charge in [-0.15, -0.1) is 0 Å². The minimum atomic E-state index is -0.330. The lowest BCUT2D eigenvalue weighted by atomic mass is 9.64. The fourth-order valence-electron chi connectivity index (χ4n) is 4.58. The van der Waals surface area contributed by atoms with Gasteiger partial charge in [0.25, 0.3) is 0 Å². The normalized spacial score (nSPS) is 52.8. The molecule has 4 aliphatic rings. The van der Waals surface area contributed by atoms with E-state index in [9.17, 15) is 4.79 Å². The first kappa shape index (κ1) is 9.60. The lowest BCUT2D eigenvalue weighted by Crippen LogP contribution is -2.46. The monoisotopic (exact) mass is 222 g/mol. The van der Waals surface area contributed by atoms with Crippen molar-refractivity contribution in [2.45, 2.75) is 38.4 Å². The number of Topliss-reactive ketones (excluding diaryl/α,β-unsaturated/α-hetero) is 1. The van der Waals surface area contributed by atoms with Crippen LogP contribution in [0.1, 0.15) is 32.6 Å². The molecule has 0 amide bonds. The predicted molar refractivity (Wildman–Crippen MR) is 56.7 cm³/mol. The molecule has 1 saturated heterocycles. The number of rotatable bonds is 0. The van der Waals surface area contributed by atoms with Crippen LogP contribution in [-0.4, -0.2) is 24.8 Å². The molecule has 1 heterocycles. The van der Waals surface area contributed by atoms with Crippen LogP contribution in [0.2, 0.25) is 0 Å². The van der Waals surface area contributed by atoms with Crippen LogP contribution >= 0.6 is 0 Å². The highest BCUT2D eigenvalue weighted by atomic mass is 16.7. The molecule has 0 aromatic heterocycles. The average Bonchev–Trinajstić information content (AvgIpc) is 2.91. The van der Waals surface area contributed by atoms with Crippen LogP contribution in [0.3, 0.4) is 0 Å². The van der Waals surface area contributed by atoms with Gasteiger partial charge in [-0.25, -0.2) is 0 Å². The van der Waals surface area contributed by atoms with E-state index < -0.39 is 0 Å². The molecule has 1 aliphatic heterocycles. The van der Waals surface area contributed by atoms with Gasteiger partial charge in [0.2, 0.25) is 0 Å². The Morgan fingerprint density at radius 1 is 1.31 bits per heavy atom. The smallest absolute Gasteiger partial charge is 0.169 e. The van der Waals surface area contributed by atoms with Gasteiger partial charge in [0, 0.05) is 24.7 Å². The number of fused-ring (bicyclic) bond motifs is 3. The molecule has 3 heteroatoms. The van der Waals surface area contributed by atoms with Crippen LogP contribution in [0, 0.1) is 23.2 Å². The van der Waals surface area contributed by atoms with Gasteiger partial charge in [-0.3, -0.25) is 4.79 Å². The second kappa shape index (κ2) is 2.70. The van der Waals surface area contributed by atoms with E-state index in [1.165, 1.54) is 0 Å². The van der Waals surface area contributed by atoms with Crippen molar-refractivity contribution in [2.75, 3.05) is 13.2 Å². The van der Waals surface area contributed by atoms with Crippen LogP contribution in [0.5, 0.6) is 0 Å². The van der Waals surface area contributed by atoms with Crippen LogP contribution in [0.15, 0.2) is 0 Å². The molecule has 88 valence electrons. The Morgan fingerprint density at radius 2 is 2.06 bits per heavy atom. The summed E-state index contributed by atoms with van der Waals surface area (Å²) < 4.78 is 11.6. The minimum Gasteiger partial charge on any atom is -0.348 e. The van der Waals surface area contributed by atoms with Crippen molar-refractivity contribution in [3.63, 3.8) is 0 Å². The van der Waals surface area contributed by atoms with Crippen LogP contribution in [0.25, 0.3) is 0 Å². The molecular weight excluding hydrogens is 204 g/mol. The summed E-state index contributed by atoms with van der Waals surface area (Å²) in [7, 11) is 0. The zero-order valence-electron chi connectivity index (χ0n) is 9.70. The van der Waals surface area contributed by atoms with Gasteiger partial charge in [0.1, 0.15) is 5.78 Å². The molecular formula is C13H18O3. The summed E-state index contributed by atoms with van der Waals surface area (Å²) in [6.45, 7) is 3.74. The highest BCUT2D eigenvalue weighted by Crippen LogP contribution is 2.68. The van der Waals surface area contributed by atoms with Crippen molar-refractivity contribution < 1.29 is 14.3 Å². The van der Waals surface area contributed by atoms with Crippen molar-refractivity contribution in [3.05, 3.63) is 0 Å². The molecule has 0 aromatic rings. The number of ether oxygens (including phenoxy) is 2. The molecule has 3 saturated carbocycles. The van der Waals surface area contributed by atoms with E-state index in [0.29, 0.717) is 23.5 Å². The van der Waals surface area contributed by atoms with Crippen molar-refractivity contribution in [1.29, 1.82) is 0 Å². The maximum atomic E-state index is 12.1. The van der Waals surface area contributed by atoms with E-state index in [1.807, 2.05) is 0 Å². The maximum Gasteiger partial charge on any atom is 0.169 e. The maximum absolute atomic E-state index is 12.1. The lowest BCUT2D eigenvalue weighted by Gasteiger charge is -2.45. The van der Waals surface area contributed by atoms with Crippen LogP contribution in [-0.2, 0) is 14.3 Å². The fourth-order valence-corrected chi connectivity index (χ4v) is 4.58. The van der Waals surface area contributed by atoms with Gasteiger partial charge in [-0.1, -0.05) is 6.92 Å². The zero-order valence-corrected chi connectivity index (χ0v) is 9.70.